The van der Waals surface area contributed by atoms with Crippen LogP contribution in [0.5, 0.6) is 0 Å². The largest absolute Gasteiger partial charge is 0.348 e. The van der Waals surface area contributed by atoms with Crippen molar-refractivity contribution in [1.29, 1.82) is 0 Å². The highest BCUT2D eigenvalue weighted by atomic mass is 19.3. The lowest BCUT2D eigenvalue weighted by Gasteiger charge is -2.29. The molecule has 1 aliphatic carbocycles. The topological polar surface area (TPSA) is 88.9 Å². The van der Waals surface area contributed by atoms with Crippen molar-refractivity contribution in [3.05, 3.63) is 106 Å². The zero-order chi connectivity index (χ0) is 33.0. The summed E-state index contributed by atoms with van der Waals surface area (Å²) in [5, 5.41) is 8.55. The van der Waals surface area contributed by atoms with Crippen molar-refractivity contribution in [3.63, 3.8) is 0 Å². The van der Waals surface area contributed by atoms with Gasteiger partial charge in [-0.15, -0.1) is 0 Å². The predicted octanol–water partition coefficient (Wildman–Crippen LogP) is 6.48. The summed E-state index contributed by atoms with van der Waals surface area (Å²) in [7, 11) is 0. The van der Waals surface area contributed by atoms with Gasteiger partial charge in [-0.1, -0.05) is 12.1 Å². The third kappa shape index (κ3) is 5.81. The molecule has 46 heavy (non-hydrogen) atoms. The van der Waals surface area contributed by atoms with E-state index in [1.165, 1.54) is 6.20 Å². The molecule has 2 N–H and O–H groups in total. The van der Waals surface area contributed by atoms with E-state index in [0.29, 0.717) is 28.3 Å². The van der Waals surface area contributed by atoms with Crippen LogP contribution in [0.4, 0.5) is 35.1 Å². The second-order valence-corrected chi connectivity index (χ2v) is 11.1. The number of carbonyl (C=O) groups excluding carboxylic acids is 2. The van der Waals surface area contributed by atoms with Gasteiger partial charge in [0.25, 0.3) is 24.2 Å². The Labute approximate surface area is 255 Å². The molecule has 0 fully saturated rings. The molecule has 7 nitrogen and oxygen atoms in total. The van der Waals surface area contributed by atoms with Crippen molar-refractivity contribution >= 4 is 11.8 Å². The first-order valence-electron chi connectivity index (χ1n) is 14.0. The van der Waals surface area contributed by atoms with E-state index in [-0.39, 0.29) is 34.8 Å². The smallest absolute Gasteiger partial charge is 0.290 e. The number of aromatic nitrogens is 3. The first kappa shape index (κ1) is 31.2. The maximum Gasteiger partial charge on any atom is 0.290 e. The number of nitrogens with one attached hydrogen (secondary N) is 2. The van der Waals surface area contributed by atoms with Gasteiger partial charge in [0.15, 0.2) is 0 Å². The Morgan fingerprint density at radius 1 is 0.957 bits per heavy atom. The van der Waals surface area contributed by atoms with E-state index in [1.807, 2.05) is 0 Å². The number of hydrogen-bond donors (Lipinski definition) is 2. The van der Waals surface area contributed by atoms with E-state index in [4.69, 9.17) is 0 Å². The fourth-order valence-corrected chi connectivity index (χ4v) is 5.93. The molecule has 0 spiro atoms. The van der Waals surface area contributed by atoms with Crippen LogP contribution in [0.1, 0.15) is 69.4 Å². The Bertz CT molecular complexity index is 1840. The van der Waals surface area contributed by atoms with Crippen molar-refractivity contribution in [2.45, 2.75) is 56.7 Å². The lowest BCUT2D eigenvalue weighted by Crippen LogP contribution is -2.37. The Hall–Kier alpha value is -4.82. The summed E-state index contributed by atoms with van der Waals surface area (Å²) in [6.45, 7) is -0.887. The molecule has 0 radical (unpaired) electrons. The van der Waals surface area contributed by atoms with Crippen LogP contribution in [-0.2, 0) is 36.1 Å². The van der Waals surface area contributed by atoms with Gasteiger partial charge in [0.2, 0.25) is 5.91 Å². The van der Waals surface area contributed by atoms with Crippen molar-refractivity contribution < 1.29 is 44.7 Å². The van der Waals surface area contributed by atoms with E-state index in [0.717, 1.165) is 12.1 Å². The van der Waals surface area contributed by atoms with Crippen molar-refractivity contribution in [2.24, 2.45) is 0 Å². The van der Waals surface area contributed by atoms with Crippen LogP contribution < -0.4 is 10.6 Å². The van der Waals surface area contributed by atoms with Gasteiger partial charge >= 0.3 is 0 Å². The van der Waals surface area contributed by atoms with Crippen LogP contribution in [0.3, 0.4) is 0 Å². The van der Waals surface area contributed by atoms with E-state index in [1.54, 1.807) is 30.3 Å². The maximum atomic E-state index is 14.9. The maximum absolute atomic E-state index is 14.9. The molecule has 15 heteroatoms. The highest BCUT2D eigenvalue weighted by Gasteiger charge is 2.55. The van der Waals surface area contributed by atoms with E-state index < -0.39 is 78.2 Å². The van der Waals surface area contributed by atoms with Gasteiger partial charge in [-0.05, 0) is 53.4 Å². The summed E-state index contributed by atoms with van der Waals surface area (Å²) < 4.78 is 115. The normalized spacial score (nSPS) is 16.9. The van der Waals surface area contributed by atoms with Gasteiger partial charge in [0, 0.05) is 42.8 Å². The number of benzene rings is 2. The molecular weight excluding hydrogens is 626 g/mol. The van der Waals surface area contributed by atoms with Crippen molar-refractivity contribution in [1.82, 2.24) is 25.4 Å². The summed E-state index contributed by atoms with van der Waals surface area (Å²) in [6.07, 6.45) is -5.25. The Kier molecular flexibility index (Phi) is 7.81. The molecule has 2 aliphatic rings. The van der Waals surface area contributed by atoms with Gasteiger partial charge in [-0.25, -0.2) is 26.3 Å². The Morgan fingerprint density at radius 2 is 1.67 bits per heavy atom. The minimum absolute atomic E-state index is 0.0748. The minimum atomic E-state index is -4.03. The standard InChI is InChI=1S/C31H23F8N5O2/c32-18-8-15(9-19(33)12-18)10-22(25-20(2-1-7-40-25)16-3-4-21-17(11-16)13-41-29(21)46)42-23(45)14-44-27-24(26(43-44)28(34)35)30(36,37)5-6-31(27,38)39/h1-4,7-9,11-12,22,28H,5-6,10,13-14H2,(H,41,46)(H,42,45). The molecule has 0 bridgehead atoms. The number of rotatable bonds is 8. The molecule has 1 unspecified atom stereocenters. The average molecular weight is 650 g/mol. The summed E-state index contributed by atoms with van der Waals surface area (Å²) in [5.74, 6) is -11.2. The molecule has 4 aromatic rings. The Balaban J connectivity index is 1.39. The number of hydrogen-bond acceptors (Lipinski definition) is 4. The second kappa shape index (κ2) is 11.5. The Morgan fingerprint density at radius 3 is 2.39 bits per heavy atom. The zero-order valence-electron chi connectivity index (χ0n) is 23.6. The minimum Gasteiger partial charge on any atom is -0.348 e. The molecule has 0 saturated heterocycles. The average Bonchev–Trinajstić information content (AvgIpc) is 3.56. The van der Waals surface area contributed by atoms with Gasteiger partial charge in [-0.2, -0.15) is 13.9 Å². The number of pyridine rings is 1. The number of carbonyl (C=O) groups is 2. The summed E-state index contributed by atoms with van der Waals surface area (Å²) in [5.41, 5.74) is -2.23. The van der Waals surface area contributed by atoms with Gasteiger partial charge < -0.3 is 10.6 Å². The molecule has 2 amide bonds. The number of alkyl halides is 6. The SMILES string of the molecule is O=C(Cn1nc(C(F)F)c2c1C(F)(F)CCC2(F)F)NC(Cc1cc(F)cc(F)c1)c1ncccc1-c1ccc2c(c1)CNC2=O. The van der Waals surface area contributed by atoms with Crippen LogP contribution in [0.25, 0.3) is 11.1 Å². The van der Waals surface area contributed by atoms with Crippen LogP contribution in [-0.4, -0.2) is 26.6 Å². The van der Waals surface area contributed by atoms with Crippen LogP contribution in [0.15, 0.2) is 54.7 Å². The first-order chi connectivity index (χ1) is 21.7. The first-order valence-corrected chi connectivity index (χ1v) is 14.0. The molecule has 6 rings (SSSR count). The molecule has 1 aliphatic heterocycles. The van der Waals surface area contributed by atoms with Crippen LogP contribution in [0.2, 0.25) is 0 Å². The van der Waals surface area contributed by atoms with Gasteiger partial charge in [0.1, 0.15) is 29.6 Å². The van der Waals surface area contributed by atoms with Crippen LogP contribution in [0, 0.1) is 11.6 Å². The van der Waals surface area contributed by atoms with Gasteiger partial charge in [0.05, 0.1) is 17.3 Å². The summed E-state index contributed by atoms with van der Waals surface area (Å²) >= 11 is 0. The molecule has 240 valence electrons. The third-order valence-corrected chi connectivity index (χ3v) is 7.91. The number of fused-ring (bicyclic) bond motifs is 2. The fourth-order valence-electron chi connectivity index (χ4n) is 5.93. The zero-order valence-corrected chi connectivity index (χ0v) is 23.6. The monoisotopic (exact) mass is 649 g/mol. The summed E-state index contributed by atoms with van der Waals surface area (Å²) in [4.78, 5) is 29.8. The van der Waals surface area contributed by atoms with Crippen molar-refractivity contribution in [2.75, 3.05) is 0 Å². The summed E-state index contributed by atoms with van der Waals surface area (Å²) in [6, 6.07) is 9.64. The third-order valence-electron chi connectivity index (χ3n) is 7.91. The molecular formula is C31H23F8N5O2. The van der Waals surface area contributed by atoms with E-state index in [2.05, 4.69) is 20.7 Å². The second-order valence-electron chi connectivity index (χ2n) is 11.1. The molecule has 0 saturated carbocycles. The molecule has 2 aromatic heterocycles. The number of halogens is 8. The number of nitrogens with zero attached hydrogens (tertiary/aromatic N) is 3. The molecule has 1 atom stereocenters. The highest BCUT2D eigenvalue weighted by molar-refractivity contribution is 5.99. The lowest BCUT2D eigenvalue weighted by molar-refractivity contribution is -0.123. The highest BCUT2D eigenvalue weighted by Crippen LogP contribution is 2.52. The molecule has 3 heterocycles. The fraction of sp³-hybridized carbons (Fsp3) is 0.290. The van der Waals surface area contributed by atoms with E-state index >= 15 is 0 Å². The van der Waals surface area contributed by atoms with Crippen molar-refractivity contribution in [3.8, 4) is 11.1 Å². The van der Waals surface area contributed by atoms with Gasteiger partial charge in [-0.3, -0.25) is 19.3 Å². The van der Waals surface area contributed by atoms with E-state index in [9.17, 15) is 44.7 Å². The molecule has 2 aromatic carbocycles. The van der Waals surface area contributed by atoms with Crippen LogP contribution >= 0.6 is 0 Å². The lowest BCUT2D eigenvalue weighted by atomic mass is 9.89. The predicted molar refractivity (Wildman–Crippen MR) is 146 cm³/mol. The quantitative estimate of drug-likeness (QED) is 0.214. The number of amides is 2.